The van der Waals surface area contributed by atoms with E-state index < -0.39 is 29.7 Å². The molecule has 4 fully saturated rings. The van der Waals surface area contributed by atoms with E-state index in [-0.39, 0.29) is 30.9 Å². The van der Waals surface area contributed by atoms with E-state index in [1.165, 1.54) is 0 Å². The van der Waals surface area contributed by atoms with Gasteiger partial charge >= 0.3 is 0 Å². The van der Waals surface area contributed by atoms with Crippen LogP contribution in [-0.2, 0) is 9.59 Å². The minimum Gasteiger partial charge on any atom is -0.490 e. The van der Waals surface area contributed by atoms with Gasteiger partial charge in [0.05, 0.1) is 33.4 Å². The molecule has 3 aromatic rings. The number of halogens is 1. The van der Waals surface area contributed by atoms with Gasteiger partial charge < -0.3 is 19.9 Å². The third-order valence-corrected chi connectivity index (χ3v) is 12.6. The molecular weight excluding hydrogens is 760 g/mol. The first kappa shape index (κ1) is 39.3. The topological polar surface area (TPSA) is 168 Å². The number of rotatable bonds is 10. The van der Waals surface area contributed by atoms with Crippen molar-refractivity contribution in [2.75, 3.05) is 55.6 Å². The zero-order chi connectivity index (χ0) is 40.3. The molecule has 2 aromatic carbocycles. The molecular formula is C43H47ClN8O6. The van der Waals surface area contributed by atoms with Crippen LogP contribution in [0.25, 0.3) is 0 Å². The van der Waals surface area contributed by atoms with Crippen molar-refractivity contribution in [2.45, 2.75) is 76.0 Å². The number of benzene rings is 2. The molecule has 58 heavy (non-hydrogen) atoms. The Bertz CT molecular complexity index is 2120. The summed E-state index contributed by atoms with van der Waals surface area (Å²) in [6, 6.07) is 15.4. The van der Waals surface area contributed by atoms with Crippen molar-refractivity contribution in [2.24, 2.45) is 5.92 Å². The van der Waals surface area contributed by atoms with Crippen molar-refractivity contribution in [1.82, 2.24) is 25.4 Å². The number of anilines is 2. The lowest BCUT2D eigenvalue weighted by molar-refractivity contribution is -0.136. The third kappa shape index (κ3) is 8.51. The van der Waals surface area contributed by atoms with Gasteiger partial charge in [-0.3, -0.25) is 39.1 Å². The van der Waals surface area contributed by atoms with E-state index in [1.54, 1.807) is 36.5 Å². The molecule has 0 bridgehead atoms. The van der Waals surface area contributed by atoms with Gasteiger partial charge in [0.25, 0.3) is 17.7 Å². The Morgan fingerprint density at radius 1 is 0.862 bits per heavy atom. The van der Waals surface area contributed by atoms with Crippen molar-refractivity contribution in [3.63, 3.8) is 0 Å². The Labute approximate surface area is 342 Å². The number of nitrogens with one attached hydrogen (secondary N) is 2. The summed E-state index contributed by atoms with van der Waals surface area (Å²) >= 11 is 6.15. The molecule has 5 amide bonds. The van der Waals surface area contributed by atoms with Crippen LogP contribution in [0.3, 0.4) is 0 Å². The summed E-state index contributed by atoms with van der Waals surface area (Å²) in [4.78, 5) is 76.2. The molecule has 8 rings (SSSR count). The van der Waals surface area contributed by atoms with Gasteiger partial charge in [-0.25, -0.2) is 4.98 Å². The smallest absolute Gasteiger partial charge is 0.262 e. The van der Waals surface area contributed by atoms with Crippen LogP contribution in [0.4, 0.5) is 11.5 Å². The molecule has 1 saturated carbocycles. The number of nitrogens with zero attached hydrogens (tertiary/aromatic N) is 6. The van der Waals surface area contributed by atoms with Crippen LogP contribution in [0.5, 0.6) is 5.75 Å². The van der Waals surface area contributed by atoms with Crippen molar-refractivity contribution in [1.29, 1.82) is 5.26 Å². The lowest BCUT2D eigenvalue weighted by atomic mass is 9.92. The Morgan fingerprint density at radius 3 is 2.31 bits per heavy atom. The van der Waals surface area contributed by atoms with Gasteiger partial charge in [0.15, 0.2) is 0 Å². The largest absolute Gasteiger partial charge is 0.490 e. The Morgan fingerprint density at radius 2 is 1.62 bits per heavy atom. The van der Waals surface area contributed by atoms with Crippen LogP contribution in [0.2, 0.25) is 5.02 Å². The van der Waals surface area contributed by atoms with Gasteiger partial charge in [-0.1, -0.05) is 11.6 Å². The Hall–Kier alpha value is -5.52. The number of piperidine rings is 2. The van der Waals surface area contributed by atoms with Crippen LogP contribution in [0.1, 0.15) is 94.4 Å². The molecule has 2 N–H and O–H groups in total. The number of nitriles is 1. The summed E-state index contributed by atoms with van der Waals surface area (Å²) in [6.07, 6.45) is 8.51. The zero-order valence-electron chi connectivity index (χ0n) is 32.3. The number of fused-ring (bicyclic) bond motifs is 1. The highest BCUT2D eigenvalue weighted by Gasteiger charge is 2.45. The molecule has 15 heteroatoms. The lowest BCUT2D eigenvalue weighted by Crippen LogP contribution is -2.54. The first-order valence-corrected chi connectivity index (χ1v) is 20.7. The summed E-state index contributed by atoms with van der Waals surface area (Å²) < 4.78 is 6.09. The number of imide groups is 2. The lowest BCUT2D eigenvalue weighted by Gasteiger charge is -2.38. The maximum atomic E-state index is 13.3. The van der Waals surface area contributed by atoms with Gasteiger partial charge in [-0.15, -0.1) is 0 Å². The van der Waals surface area contributed by atoms with E-state index in [0.29, 0.717) is 38.9 Å². The molecule has 1 aromatic heterocycles. The van der Waals surface area contributed by atoms with E-state index >= 15 is 0 Å². The highest BCUT2D eigenvalue weighted by atomic mass is 35.5. The second-order valence-corrected chi connectivity index (χ2v) is 16.4. The average Bonchev–Trinajstić information content (AvgIpc) is 3.49. The molecule has 0 radical (unpaired) electrons. The predicted octanol–water partition coefficient (Wildman–Crippen LogP) is 4.56. The molecule has 302 valence electrons. The van der Waals surface area contributed by atoms with E-state index in [4.69, 9.17) is 21.6 Å². The summed E-state index contributed by atoms with van der Waals surface area (Å²) in [5.41, 5.74) is 2.47. The molecule has 3 saturated heterocycles. The second kappa shape index (κ2) is 17.1. The number of ether oxygens (including phenoxy) is 1. The molecule has 1 aliphatic carbocycles. The number of pyridine rings is 1. The molecule has 5 heterocycles. The number of aromatic nitrogens is 1. The number of carbonyl (C=O) groups is 5. The normalized spacial score (nSPS) is 23.0. The molecule has 1 atom stereocenters. The van der Waals surface area contributed by atoms with E-state index in [1.807, 2.05) is 18.2 Å². The minimum atomic E-state index is -0.970. The Kier molecular flexibility index (Phi) is 11.6. The molecule has 0 spiro atoms. The van der Waals surface area contributed by atoms with E-state index in [2.05, 4.69) is 36.4 Å². The molecule has 1 unspecified atom stereocenters. The number of carbonyl (C=O) groups excluding carboxylic acids is 5. The maximum Gasteiger partial charge on any atom is 0.262 e. The van der Waals surface area contributed by atoms with Gasteiger partial charge in [-0.05, 0) is 106 Å². The second-order valence-electron chi connectivity index (χ2n) is 15.9. The first-order chi connectivity index (χ1) is 28.1. The number of hydrogen-bond donors (Lipinski definition) is 2. The first-order valence-electron chi connectivity index (χ1n) is 20.3. The summed E-state index contributed by atoms with van der Waals surface area (Å²) in [5, 5.41) is 14.9. The van der Waals surface area contributed by atoms with Crippen molar-refractivity contribution >= 4 is 52.6 Å². The molecule has 5 aliphatic rings. The van der Waals surface area contributed by atoms with Gasteiger partial charge in [0.2, 0.25) is 11.8 Å². The fraction of sp³-hybridized carbons (Fsp3) is 0.465. The number of piperazine rings is 1. The van der Waals surface area contributed by atoms with E-state index in [9.17, 15) is 24.0 Å². The standard InChI is InChI=1S/C43H47ClN8O6/c44-36-24-33(6-1-28(36)25-45)58-32-7-3-30(4-8-32)47-40(54)29-2-11-38(46-26-29)51-17-14-27(15-18-51)13-16-49-19-21-50(22-20-49)31-5-9-34-35(23-31)43(57)52(42(34)56)37-10-12-39(53)48-41(37)55/h1-2,5-6,9,11,23-24,26-27,30,32,37H,3-4,7-8,10,12-22H2,(H,47,54)(H,48,53,55)/t30-,32-,37?. The Balaban J connectivity index is 0.735. The monoisotopic (exact) mass is 806 g/mol. The van der Waals surface area contributed by atoms with Gasteiger partial charge in [0, 0.05) is 69.7 Å². The van der Waals surface area contributed by atoms with Crippen LogP contribution in [0, 0.1) is 17.2 Å². The minimum absolute atomic E-state index is 0.0374. The fourth-order valence-corrected chi connectivity index (χ4v) is 9.07. The average molecular weight is 807 g/mol. The van der Waals surface area contributed by atoms with Crippen molar-refractivity contribution < 1.29 is 28.7 Å². The quantitative estimate of drug-likeness (QED) is 0.276. The van der Waals surface area contributed by atoms with Crippen LogP contribution in [-0.4, -0.2) is 108 Å². The highest BCUT2D eigenvalue weighted by molar-refractivity contribution is 6.31. The zero-order valence-corrected chi connectivity index (χ0v) is 33.1. The molecule has 14 nitrogen and oxygen atoms in total. The van der Waals surface area contributed by atoms with Crippen molar-refractivity contribution in [3.05, 3.63) is 82.0 Å². The summed E-state index contributed by atoms with van der Waals surface area (Å²) in [7, 11) is 0. The number of amides is 5. The van der Waals surface area contributed by atoms with Gasteiger partial charge in [-0.2, -0.15) is 5.26 Å². The third-order valence-electron chi connectivity index (χ3n) is 12.3. The predicted molar refractivity (Wildman–Crippen MR) is 216 cm³/mol. The van der Waals surface area contributed by atoms with Crippen LogP contribution < -0.4 is 25.2 Å². The summed E-state index contributed by atoms with van der Waals surface area (Å²) in [6.45, 7) is 6.31. The van der Waals surface area contributed by atoms with Crippen LogP contribution in [0.15, 0.2) is 54.7 Å². The maximum absolute atomic E-state index is 13.3. The summed E-state index contributed by atoms with van der Waals surface area (Å²) in [5.74, 6) is 0.0997. The highest BCUT2D eigenvalue weighted by Crippen LogP contribution is 2.32. The SMILES string of the molecule is N#Cc1ccc(O[C@H]2CC[C@H](NC(=O)c3ccc(N4CCC(CCN5CCN(c6ccc7c(c6)C(=O)N(C6CCC(=O)NC6=O)C7=O)CC5)CC4)nc3)CC2)cc1Cl. The fourth-order valence-electron chi connectivity index (χ4n) is 8.85. The van der Waals surface area contributed by atoms with Gasteiger partial charge in [0.1, 0.15) is 23.7 Å². The van der Waals surface area contributed by atoms with E-state index in [0.717, 1.165) is 107 Å². The van der Waals surface area contributed by atoms with Crippen molar-refractivity contribution in [3.8, 4) is 11.8 Å². The number of hydrogen-bond acceptors (Lipinski definition) is 11. The molecule has 4 aliphatic heterocycles. The van der Waals surface area contributed by atoms with Crippen LogP contribution >= 0.6 is 11.6 Å².